The number of ether oxygens (including phenoxy) is 1. The van der Waals surface area contributed by atoms with Crippen LogP contribution in [0.1, 0.15) is 15.9 Å². The van der Waals surface area contributed by atoms with Crippen LogP contribution in [0.4, 0.5) is 0 Å². The molecule has 0 heterocycles. The summed E-state index contributed by atoms with van der Waals surface area (Å²) in [4.78, 5) is 11.3. The maximum atomic E-state index is 11.3. The molecule has 0 aliphatic heterocycles. The van der Waals surface area contributed by atoms with Crippen LogP contribution in [0.25, 0.3) is 6.08 Å². The van der Waals surface area contributed by atoms with E-state index < -0.39 is 0 Å². The summed E-state index contributed by atoms with van der Waals surface area (Å²) in [6, 6.07) is 7.26. The molecule has 0 aromatic heterocycles. The van der Waals surface area contributed by atoms with Crippen molar-refractivity contribution in [2.24, 2.45) is 0 Å². The van der Waals surface area contributed by atoms with Crippen molar-refractivity contribution in [3.63, 3.8) is 0 Å². The fraction of sp³-hybridized carbons (Fsp3) is 0.0833. The Morgan fingerprint density at radius 1 is 1.43 bits per heavy atom. The van der Waals surface area contributed by atoms with Crippen molar-refractivity contribution in [3.8, 4) is 0 Å². The van der Waals surface area contributed by atoms with E-state index in [0.717, 1.165) is 5.56 Å². The summed E-state index contributed by atoms with van der Waals surface area (Å²) in [6.45, 7) is 3.57. The predicted molar refractivity (Wildman–Crippen MR) is 57.0 cm³/mol. The number of benzene rings is 1. The zero-order chi connectivity index (χ0) is 10.4. The number of methoxy groups -OCH3 is 1. The molecule has 0 atom stereocenters. The summed E-state index contributed by atoms with van der Waals surface area (Å²) < 4.78 is 4.66. The van der Waals surface area contributed by atoms with E-state index in [0.29, 0.717) is 5.56 Å². The molecule has 0 amide bonds. The normalized spacial score (nSPS) is 10.1. The highest BCUT2D eigenvalue weighted by Crippen LogP contribution is 2.11. The van der Waals surface area contributed by atoms with Crippen molar-refractivity contribution in [2.45, 2.75) is 0 Å². The average molecular weight is 188 g/mol. The first-order chi connectivity index (χ1) is 6.79. The Hall–Kier alpha value is -1.83. The summed E-state index contributed by atoms with van der Waals surface area (Å²) >= 11 is 0. The average Bonchev–Trinajstić information content (AvgIpc) is 2.25. The monoisotopic (exact) mass is 188 g/mol. The van der Waals surface area contributed by atoms with Crippen molar-refractivity contribution in [1.29, 1.82) is 0 Å². The molecule has 0 aliphatic carbocycles. The second-order valence-electron chi connectivity index (χ2n) is 2.67. The van der Waals surface area contributed by atoms with Crippen LogP contribution in [0.5, 0.6) is 0 Å². The molecule has 1 aromatic rings. The molecule has 14 heavy (non-hydrogen) atoms. The zero-order valence-electron chi connectivity index (χ0n) is 8.07. The Balaban J connectivity index is 3.08. The molecule has 1 rings (SSSR count). The van der Waals surface area contributed by atoms with Gasteiger partial charge in [-0.15, -0.1) is 0 Å². The minimum Gasteiger partial charge on any atom is -0.465 e. The Morgan fingerprint density at radius 2 is 2.14 bits per heavy atom. The molecule has 0 saturated carbocycles. The maximum Gasteiger partial charge on any atom is 0.338 e. The van der Waals surface area contributed by atoms with Gasteiger partial charge in [0, 0.05) is 0 Å². The van der Waals surface area contributed by atoms with Gasteiger partial charge < -0.3 is 4.74 Å². The van der Waals surface area contributed by atoms with Gasteiger partial charge in [-0.25, -0.2) is 4.79 Å². The lowest BCUT2D eigenvalue weighted by Crippen LogP contribution is -2.02. The lowest BCUT2D eigenvalue weighted by atomic mass is 10.1. The van der Waals surface area contributed by atoms with E-state index in [-0.39, 0.29) is 5.97 Å². The molecule has 0 unspecified atom stereocenters. The van der Waals surface area contributed by atoms with E-state index in [9.17, 15) is 4.79 Å². The molecule has 2 nitrogen and oxygen atoms in total. The topological polar surface area (TPSA) is 26.3 Å². The van der Waals surface area contributed by atoms with Crippen LogP contribution in [0.3, 0.4) is 0 Å². The minimum absolute atomic E-state index is 0.325. The van der Waals surface area contributed by atoms with Gasteiger partial charge in [-0.3, -0.25) is 0 Å². The van der Waals surface area contributed by atoms with Crippen molar-refractivity contribution < 1.29 is 9.53 Å². The molecule has 2 heteroatoms. The summed E-state index contributed by atoms with van der Waals surface area (Å²) in [5.41, 5.74) is 1.40. The van der Waals surface area contributed by atoms with Crippen LogP contribution in [0.2, 0.25) is 0 Å². The van der Waals surface area contributed by atoms with Crippen LogP contribution < -0.4 is 0 Å². The lowest BCUT2D eigenvalue weighted by Gasteiger charge is -2.02. The van der Waals surface area contributed by atoms with Gasteiger partial charge in [0.1, 0.15) is 0 Å². The summed E-state index contributed by atoms with van der Waals surface area (Å²) in [5, 5.41) is 0. The van der Waals surface area contributed by atoms with E-state index in [2.05, 4.69) is 11.3 Å². The predicted octanol–water partition coefficient (Wildman–Crippen LogP) is 2.67. The number of hydrogen-bond donors (Lipinski definition) is 0. The van der Waals surface area contributed by atoms with E-state index in [1.807, 2.05) is 18.2 Å². The van der Waals surface area contributed by atoms with Crippen LogP contribution in [-0.4, -0.2) is 13.1 Å². The first-order valence-electron chi connectivity index (χ1n) is 4.26. The molecule has 72 valence electrons. The maximum absolute atomic E-state index is 11.3. The van der Waals surface area contributed by atoms with Gasteiger partial charge in [0.25, 0.3) is 0 Å². The molecular weight excluding hydrogens is 176 g/mol. The van der Waals surface area contributed by atoms with Gasteiger partial charge >= 0.3 is 5.97 Å². The number of carbonyl (C=O) groups is 1. The van der Waals surface area contributed by atoms with Crippen LogP contribution in [0, 0.1) is 0 Å². The number of allylic oxidation sites excluding steroid dienone is 2. The lowest BCUT2D eigenvalue weighted by molar-refractivity contribution is 0.0600. The van der Waals surface area contributed by atoms with Crippen molar-refractivity contribution >= 4 is 12.0 Å². The van der Waals surface area contributed by atoms with Crippen molar-refractivity contribution in [3.05, 3.63) is 54.1 Å². The van der Waals surface area contributed by atoms with Gasteiger partial charge in [-0.2, -0.15) is 0 Å². The first kappa shape index (κ1) is 10.3. The molecule has 0 spiro atoms. The van der Waals surface area contributed by atoms with Crippen molar-refractivity contribution in [2.75, 3.05) is 7.11 Å². The highest BCUT2D eigenvalue weighted by molar-refractivity contribution is 5.93. The Morgan fingerprint density at radius 3 is 2.79 bits per heavy atom. The molecule has 0 fully saturated rings. The van der Waals surface area contributed by atoms with E-state index in [1.54, 1.807) is 24.3 Å². The number of rotatable bonds is 3. The molecule has 0 radical (unpaired) electrons. The standard InChI is InChI=1S/C12H12O2/c1-3-4-7-10-8-5-6-9-11(10)12(13)14-2/h3-9H,1H2,2H3/b7-4+. The van der Waals surface area contributed by atoms with Gasteiger partial charge in [-0.05, 0) is 11.6 Å². The smallest absolute Gasteiger partial charge is 0.338 e. The van der Waals surface area contributed by atoms with Gasteiger partial charge in [0.05, 0.1) is 12.7 Å². The third-order valence-electron chi connectivity index (χ3n) is 1.78. The molecule has 0 bridgehead atoms. The minimum atomic E-state index is -0.325. The second-order valence-corrected chi connectivity index (χ2v) is 2.67. The molecule has 0 aliphatic rings. The van der Waals surface area contributed by atoms with Crippen LogP contribution in [0.15, 0.2) is 43.0 Å². The second kappa shape index (κ2) is 5.02. The highest BCUT2D eigenvalue weighted by Gasteiger charge is 2.07. The van der Waals surface area contributed by atoms with Crippen LogP contribution in [-0.2, 0) is 4.74 Å². The molecule has 0 saturated heterocycles. The first-order valence-corrected chi connectivity index (χ1v) is 4.26. The van der Waals surface area contributed by atoms with E-state index >= 15 is 0 Å². The largest absolute Gasteiger partial charge is 0.465 e. The summed E-state index contributed by atoms with van der Waals surface area (Å²) in [5.74, 6) is -0.325. The van der Waals surface area contributed by atoms with Crippen molar-refractivity contribution in [1.82, 2.24) is 0 Å². The number of hydrogen-bond acceptors (Lipinski definition) is 2. The third-order valence-corrected chi connectivity index (χ3v) is 1.78. The van der Waals surface area contributed by atoms with Crippen LogP contribution >= 0.6 is 0 Å². The third kappa shape index (κ3) is 2.33. The number of esters is 1. The SMILES string of the molecule is C=C/C=C/c1ccccc1C(=O)OC. The Bertz CT molecular complexity index is 364. The fourth-order valence-electron chi connectivity index (χ4n) is 1.11. The van der Waals surface area contributed by atoms with E-state index in [1.165, 1.54) is 7.11 Å². The quantitative estimate of drug-likeness (QED) is 0.538. The Labute approximate surface area is 83.5 Å². The summed E-state index contributed by atoms with van der Waals surface area (Å²) in [6.07, 6.45) is 5.26. The zero-order valence-corrected chi connectivity index (χ0v) is 8.07. The fourth-order valence-corrected chi connectivity index (χ4v) is 1.11. The summed E-state index contributed by atoms with van der Waals surface area (Å²) in [7, 11) is 1.37. The molecular formula is C12H12O2. The van der Waals surface area contributed by atoms with Gasteiger partial charge in [0.2, 0.25) is 0 Å². The van der Waals surface area contributed by atoms with Gasteiger partial charge in [-0.1, -0.05) is 43.0 Å². The Kier molecular flexibility index (Phi) is 3.68. The number of carbonyl (C=O) groups excluding carboxylic acids is 1. The highest BCUT2D eigenvalue weighted by atomic mass is 16.5. The molecule has 1 aromatic carbocycles. The van der Waals surface area contributed by atoms with Gasteiger partial charge in [0.15, 0.2) is 0 Å². The van der Waals surface area contributed by atoms with E-state index in [4.69, 9.17) is 0 Å². The molecule has 0 N–H and O–H groups in total.